The Morgan fingerprint density at radius 1 is 1.16 bits per heavy atom. The summed E-state index contributed by atoms with van der Waals surface area (Å²) >= 11 is 0. The number of hydrogen-bond acceptors (Lipinski definition) is 2. The molecule has 1 saturated carbocycles. The summed E-state index contributed by atoms with van der Waals surface area (Å²) in [5, 5.41) is 0. The molecule has 0 aromatic heterocycles. The Morgan fingerprint density at radius 3 is 2.21 bits per heavy atom. The predicted molar refractivity (Wildman–Crippen MR) is 81.4 cm³/mol. The highest BCUT2D eigenvalue weighted by Crippen LogP contribution is 2.52. The van der Waals surface area contributed by atoms with Gasteiger partial charge in [-0.05, 0) is 43.6 Å². The zero-order chi connectivity index (χ0) is 14.1. The molecule has 0 unspecified atom stereocenters. The third-order valence-corrected chi connectivity index (χ3v) is 4.85. The van der Waals surface area contributed by atoms with Gasteiger partial charge in [0.1, 0.15) is 0 Å². The molecular weight excluding hydrogens is 233 g/mol. The zero-order valence-electron chi connectivity index (χ0n) is 12.6. The number of nitrogens with two attached hydrogens (primary N) is 1. The van der Waals surface area contributed by atoms with Crippen molar-refractivity contribution in [1.29, 1.82) is 0 Å². The summed E-state index contributed by atoms with van der Waals surface area (Å²) in [6.07, 6.45) is 2.68. The van der Waals surface area contributed by atoms with E-state index in [4.69, 9.17) is 10.4 Å². The standard InChI is InChI=1S/C16H25BNO/c1-15(2,13-7-8-13)16(3,4)19-17-14-9-5-12(11-18)6-10-14/h5-6,9-10,13H,7-8,11,18H2,1-4H3. The molecule has 1 aromatic rings. The fraction of sp³-hybridized carbons (Fsp3) is 0.625. The van der Waals surface area contributed by atoms with E-state index in [9.17, 15) is 0 Å². The lowest BCUT2D eigenvalue weighted by Gasteiger charge is -2.42. The molecule has 103 valence electrons. The molecule has 0 bridgehead atoms. The molecule has 19 heavy (non-hydrogen) atoms. The second-order valence-corrected chi connectivity index (χ2v) is 6.69. The van der Waals surface area contributed by atoms with Crippen molar-refractivity contribution < 1.29 is 4.65 Å². The number of rotatable bonds is 6. The average molecular weight is 258 g/mol. The second-order valence-electron chi connectivity index (χ2n) is 6.69. The Labute approximate surface area is 118 Å². The van der Waals surface area contributed by atoms with Gasteiger partial charge in [0, 0.05) is 6.54 Å². The van der Waals surface area contributed by atoms with E-state index in [1.54, 1.807) is 0 Å². The van der Waals surface area contributed by atoms with Crippen LogP contribution in [0.1, 0.15) is 46.1 Å². The van der Waals surface area contributed by atoms with Crippen LogP contribution in [0, 0.1) is 11.3 Å². The van der Waals surface area contributed by atoms with Crippen LogP contribution >= 0.6 is 0 Å². The van der Waals surface area contributed by atoms with E-state index >= 15 is 0 Å². The van der Waals surface area contributed by atoms with Crippen LogP contribution in [-0.4, -0.2) is 13.1 Å². The van der Waals surface area contributed by atoms with Crippen LogP contribution < -0.4 is 11.2 Å². The van der Waals surface area contributed by atoms with Gasteiger partial charge in [0.15, 0.2) is 0 Å². The Kier molecular flexibility index (Phi) is 4.07. The maximum Gasteiger partial charge on any atom is 0.330 e. The van der Waals surface area contributed by atoms with Crippen LogP contribution in [0.25, 0.3) is 0 Å². The summed E-state index contributed by atoms with van der Waals surface area (Å²) in [7, 11) is 1.88. The zero-order valence-corrected chi connectivity index (χ0v) is 12.6. The molecule has 2 nitrogen and oxygen atoms in total. The van der Waals surface area contributed by atoms with Gasteiger partial charge in [-0.3, -0.25) is 0 Å². The minimum atomic E-state index is -0.152. The van der Waals surface area contributed by atoms with Crippen molar-refractivity contribution in [3.8, 4) is 0 Å². The molecule has 2 rings (SSSR count). The molecule has 0 aliphatic heterocycles. The third-order valence-electron chi connectivity index (χ3n) is 4.85. The smallest absolute Gasteiger partial charge is 0.330 e. The lowest BCUT2D eigenvalue weighted by Crippen LogP contribution is -2.45. The summed E-state index contributed by atoms with van der Waals surface area (Å²) in [4.78, 5) is 0. The molecule has 1 aliphatic rings. The highest BCUT2D eigenvalue weighted by atomic mass is 16.5. The Bertz CT molecular complexity index is 421. The van der Waals surface area contributed by atoms with E-state index in [2.05, 4.69) is 39.8 Å². The topological polar surface area (TPSA) is 35.2 Å². The molecule has 0 heterocycles. The Morgan fingerprint density at radius 2 is 1.74 bits per heavy atom. The monoisotopic (exact) mass is 258 g/mol. The lowest BCUT2D eigenvalue weighted by atomic mass is 9.71. The van der Waals surface area contributed by atoms with Crippen LogP contribution in [0.3, 0.4) is 0 Å². The molecule has 0 amide bonds. The van der Waals surface area contributed by atoms with Gasteiger partial charge in [-0.15, -0.1) is 0 Å². The van der Waals surface area contributed by atoms with Gasteiger partial charge in [-0.1, -0.05) is 43.6 Å². The molecule has 1 aliphatic carbocycles. The van der Waals surface area contributed by atoms with Gasteiger partial charge in [0.05, 0.1) is 5.60 Å². The van der Waals surface area contributed by atoms with Crippen molar-refractivity contribution in [1.82, 2.24) is 0 Å². The van der Waals surface area contributed by atoms with E-state index in [0.29, 0.717) is 6.54 Å². The minimum absolute atomic E-state index is 0.152. The van der Waals surface area contributed by atoms with E-state index in [-0.39, 0.29) is 11.0 Å². The Balaban J connectivity index is 1.96. The van der Waals surface area contributed by atoms with E-state index in [0.717, 1.165) is 16.9 Å². The minimum Gasteiger partial charge on any atom is -0.429 e. The Hall–Kier alpha value is -0.795. The third kappa shape index (κ3) is 3.21. The van der Waals surface area contributed by atoms with E-state index in [1.165, 1.54) is 12.8 Å². The number of benzene rings is 1. The summed E-state index contributed by atoms with van der Waals surface area (Å²) < 4.78 is 6.10. The predicted octanol–water partition coefficient (Wildman–Crippen LogP) is 2.62. The van der Waals surface area contributed by atoms with Gasteiger partial charge >= 0.3 is 7.48 Å². The molecule has 1 radical (unpaired) electrons. The van der Waals surface area contributed by atoms with Crippen molar-refractivity contribution in [2.45, 2.75) is 52.7 Å². The first-order valence-electron chi connectivity index (χ1n) is 7.17. The van der Waals surface area contributed by atoms with Crippen LogP contribution in [0.15, 0.2) is 24.3 Å². The fourth-order valence-corrected chi connectivity index (χ4v) is 2.40. The second kappa shape index (κ2) is 5.30. The summed E-state index contributed by atoms with van der Waals surface area (Å²) in [6.45, 7) is 9.60. The molecule has 1 aromatic carbocycles. The number of hydrogen-bond donors (Lipinski definition) is 1. The van der Waals surface area contributed by atoms with Crippen molar-refractivity contribution in [2.75, 3.05) is 0 Å². The highest BCUT2D eigenvalue weighted by Gasteiger charge is 2.48. The van der Waals surface area contributed by atoms with Gasteiger partial charge in [-0.25, -0.2) is 0 Å². The van der Waals surface area contributed by atoms with Crippen LogP contribution in [0.5, 0.6) is 0 Å². The molecule has 2 N–H and O–H groups in total. The van der Waals surface area contributed by atoms with Crippen molar-refractivity contribution in [3.05, 3.63) is 29.8 Å². The SMILES string of the molecule is CC(C)(O[B]c1ccc(CN)cc1)C(C)(C)C1CC1. The van der Waals surface area contributed by atoms with Gasteiger partial charge in [0.2, 0.25) is 0 Å². The molecule has 1 fully saturated rings. The van der Waals surface area contributed by atoms with Crippen molar-refractivity contribution >= 4 is 12.9 Å². The maximum atomic E-state index is 6.10. The van der Waals surface area contributed by atoms with Gasteiger partial charge in [-0.2, -0.15) is 0 Å². The van der Waals surface area contributed by atoms with Crippen LogP contribution in [-0.2, 0) is 11.2 Å². The van der Waals surface area contributed by atoms with Crippen LogP contribution in [0.4, 0.5) is 0 Å². The quantitative estimate of drug-likeness (QED) is 0.796. The molecule has 0 saturated heterocycles. The van der Waals surface area contributed by atoms with Crippen molar-refractivity contribution in [2.24, 2.45) is 17.1 Å². The largest absolute Gasteiger partial charge is 0.429 e. The molecular formula is C16H25BNO. The summed E-state index contributed by atoms with van der Waals surface area (Å²) in [6, 6.07) is 8.22. The first kappa shape index (κ1) is 14.6. The fourth-order valence-electron chi connectivity index (χ4n) is 2.40. The molecule has 0 spiro atoms. The maximum absolute atomic E-state index is 6.10. The van der Waals surface area contributed by atoms with Gasteiger partial charge in [0.25, 0.3) is 0 Å². The highest BCUT2D eigenvalue weighted by molar-refractivity contribution is 6.47. The lowest BCUT2D eigenvalue weighted by molar-refractivity contribution is -0.0213. The normalized spacial score (nSPS) is 16.5. The average Bonchev–Trinajstić information content (AvgIpc) is 3.21. The first-order chi connectivity index (χ1) is 8.87. The summed E-state index contributed by atoms with van der Waals surface area (Å²) in [5.74, 6) is 0.801. The van der Waals surface area contributed by atoms with E-state index in [1.807, 2.05) is 19.6 Å². The van der Waals surface area contributed by atoms with Crippen molar-refractivity contribution in [3.63, 3.8) is 0 Å². The van der Waals surface area contributed by atoms with E-state index < -0.39 is 0 Å². The van der Waals surface area contributed by atoms with Crippen LogP contribution in [0.2, 0.25) is 0 Å². The molecule has 0 atom stereocenters. The molecule has 3 heteroatoms. The summed E-state index contributed by atoms with van der Waals surface area (Å²) in [5.41, 5.74) is 7.90. The van der Waals surface area contributed by atoms with Gasteiger partial charge < -0.3 is 10.4 Å². The first-order valence-corrected chi connectivity index (χ1v) is 7.17.